The van der Waals surface area contributed by atoms with Crippen LogP contribution in [-0.2, 0) is 27.2 Å². The van der Waals surface area contributed by atoms with Crippen LogP contribution in [0.2, 0.25) is 0 Å². The van der Waals surface area contributed by atoms with Crippen LogP contribution in [0.1, 0.15) is 86.8 Å². The topological polar surface area (TPSA) is 96.2 Å². The Kier molecular flexibility index (Phi) is 22.1. The Bertz CT molecular complexity index is 1040. The van der Waals surface area contributed by atoms with Gasteiger partial charge in [0, 0.05) is 58.0 Å². The van der Waals surface area contributed by atoms with Gasteiger partial charge in [-0.25, -0.2) is 9.07 Å². The van der Waals surface area contributed by atoms with Gasteiger partial charge in [-0.15, -0.1) is 5.10 Å². The Morgan fingerprint density at radius 1 is 1.13 bits per heavy atom. The van der Waals surface area contributed by atoms with Crippen LogP contribution in [-0.4, -0.2) is 97.3 Å². The van der Waals surface area contributed by atoms with Crippen molar-refractivity contribution in [3.05, 3.63) is 35.9 Å². The van der Waals surface area contributed by atoms with Crippen molar-refractivity contribution in [2.45, 2.75) is 119 Å². The predicted molar refractivity (Wildman–Crippen MR) is 183 cm³/mol. The fourth-order valence-electron chi connectivity index (χ4n) is 5.03. The molecule has 0 radical (unpaired) electrons. The molecule has 1 aliphatic rings. The molecule has 10 nitrogen and oxygen atoms in total. The number of carbonyl (C=O) groups is 1. The number of hydrogen-bond acceptors (Lipinski definition) is 9. The summed E-state index contributed by atoms with van der Waals surface area (Å²) in [5.41, 5.74) is 2.02. The third-order valence-corrected chi connectivity index (χ3v) is 7.55. The van der Waals surface area contributed by atoms with Gasteiger partial charge in [-0.1, -0.05) is 72.9 Å². The van der Waals surface area contributed by atoms with Gasteiger partial charge >= 0.3 is 0 Å². The number of nitrogens with zero attached hydrogens (tertiary/aromatic N) is 6. The second kappa shape index (κ2) is 23.6. The highest BCUT2D eigenvalue weighted by Gasteiger charge is 2.35. The fourth-order valence-corrected chi connectivity index (χ4v) is 5.03. The van der Waals surface area contributed by atoms with E-state index in [0.29, 0.717) is 37.4 Å². The van der Waals surface area contributed by atoms with Gasteiger partial charge in [-0.3, -0.25) is 4.79 Å². The Hall–Kier alpha value is -2.76. The zero-order chi connectivity index (χ0) is 34.5. The lowest BCUT2D eigenvalue weighted by Crippen LogP contribution is -2.50. The first kappa shape index (κ1) is 42.2. The van der Waals surface area contributed by atoms with E-state index in [-0.39, 0.29) is 23.9 Å². The molecular weight excluding hydrogens is 575 g/mol. The minimum absolute atomic E-state index is 0.0137. The van der Waals surface area contributed by atoms with E-state index in [1.54, 1.807) is 29.7 Å². The first-order valence-electron chi connectivity index (χ1n) is 16.7. The third-order valence-electron chi connectivity index (χ3n) is 7.55. The average Bonchev–Trinajstić information content (AvgIpc) is 3.47. The number of aromatic nitrogens is 3. The molecule has 2 aromatic rings. The summed E-state index contributed by atoms with van der Waals surface area (Å²) in [7, 11) is 7.45. The van der Waals surface area contributed by atoms with Gasteiger partial charge in [0.1, 0.15) is 11.9 Å². The van der Waals surface area contributed by atoms with Crippen molar-refractivity contribution in [1.82, 2.24) is 19.9 Å². The van der Waals surface area contributed by atoms with Crippen LogP contribution >= 0.6 is 0 Å². The van der Waals surface area contributed by atoms with Crippen LogP contribution in [0.25, 0.3) is 0 Å². The number of benzene rings is 1. The lowest BCUT2D eigenvalue weighted by molar-refractivity contribution is -0.204. The largest absolute Gasteiger partial charge is 0.461 e. The van der Waals surface area contributed by atoms with Crippen molar-refractivity contribution in [3.63, 3.8) is 0 Å². The van der Waals surface area contributed by atoms with E-state index in [4.69, 9.17) is 9.47 Å². The highest BCUT2D eigenvalue weighted by atomic mass is 19.1. The molecule has 260 valence electrons. The van der Waals surface area contributed by atoms with E-state index in [0.717, 1.165) is 18.7 Å². The molecule has 5 atom stereocenters. The zero-order valence-electron chi connectivity index (χ0n) is 30.2. The van der Waals surface area contributed by atoms with Crippen LogP contribution < -0.4 is 9.80 Å². The van der Waals surface area contributed by atoms with Crippen molar-refractivity contribution < 1.29 is 23.8 Å². The maximum Gasteiger partial charge on any atom is 0.293 e. The van der Waals surface area contributed by atoms with Crippen LogP contribution in [0.3, 0.4) is 0 Å². The van der Waals surface area contributed by atoms with Crippen molar-refractivity contribution in [2.24, 2.45) is 5.92 Å². The number of aliphatic hydroxyl groups is 1. The molecule has 1 aromatic carbocycles. The normalized spacial score (nSPS) is 19.5. The lowest BCUT2D eigenvalue weighted by Gasteiger charge is -2.41. The predicted octanol–water partition coefficient (Wildman–Crippen LogP) is 6.02. The summed E-state index contributed by atoms with van der Waals surface area (Å²) in [6.45, 7) is 18.3. The highest BCUT2D eigenvalue weighted by molar-refractivity contribution is 5.56. The van der Waals surface area contributed by atoms with Crippen molar-refractivity contribution >= 4 is 17.8 Å². The molecule has 0 saturated carbocycles. The number of aliphatic hydroxyl groups excluding tert-OH is 1. The molecule has 0 bridgehead atoms. The van der Waals surface area contributed by atoms with E-state index in [2.05, 4.69) is 29.1 Å². The van der Waals surface area contributed by atoms with Gasteiger partial charge < -0.3 is 29.3 Å². The van der Waals surface area contributed by atoms with Gasteiger partial charge in [-0.05, 0) is 38.6 Å². The number of rotatable bonds is 14. The Labute approximate surface area is 272 Å². The molecule has 5 unspecified atom stereocenters. The summed E-state index contributed by atoms with van der Waals surface area (Å²) in [4.78, 5) is 16.9. The van der Waals surface area contributed by atoms with Gasteiger partial charge in [0.05, 0.1) is 30.6 Å². The standard InChI is InChI=1S/C25H39FN6O4.C5H12.2C2H6/c1-17-11-24(18(2)25(34)36-17)30(5)10-9-19-13-32(28-27-19)15-21(35-16-33)14-31(6)20-7-8-23(29(3)4)22(26)12-20;1-3-5-4-2;2*1-2/h7-8,12-13,16-18,21,24-25,34H,9-11,14-15H2,1-6H3;3-5H2,1-2H3;2*1-2H3. The Morgan fingerprint density at radius 3 is 2.31 bits per heavy atom. The van der Waals surface area contributed by atoms with Crippen LogP contribution in [0, 0.1) is 11.7 Å². The highest BCUT2D eigenvalue weighted by Crippen LogP contribution is 2.27. The van der Waals surface area contributed by atoms with E-state index in [1.165, 1.54) is 25.3 Å². The van der Waals surface area contributed by atoms with Gasteiger partial charge in [0.2, 0.25) is 0 Å². The number of carbonyl (C=O) groups excluding carboxylic acids is 1. The summed E-state index contributed by atoms with van der Waals surface area (Å²) >= 11 is 0. The Balaban J connectivity index is 0.00000192. The summed E-state index contributed by atoms with van der Waals surface area (Å²) in [5, 5.41) is 18.6. The van der Waals surface area contributed by atoms with Crippen molar-refractivity contribution in [1.29, 1.82) is 0 Å². The molecule has 1 aromatic heterocycles. The smallest absolute Gasteiger partial charge is 0.293 e. The second-order valence-electron chi connectivity index (χ2n) is 11.3. The number of halogens is 1. The molecule has 0 aliphatic carbocycles. The maximum absolute atomic E-state index is 14.4. The summed E-state index contributed by atoms with van der Waals surface area (Å²) in [6, 6.07) is 5.24. The molecule has 1 saturated heterocycles. The molecule has 11 heteroatoms. The van der Waals surface area contributed by atoms with Gasteiger partial charge in [0.15, 0.2) is 6.29 Å². The first-order chi connectivity index (χ1) is 21.5. The summed E-state index contributed by atoms with van der Waals surface area (Å²) in [6.07, 6.45) is 6.26. The summed E-state index contributed by atoms with van der Waals surface area (Å²) < 4.78 is 26.9. The quantitative estimate of drug-likeness (QED) is 0.249. The number of unbranched alkanes of at least 4 members (excludes halogenated alkanes) is 2. The molecule has 1 aliphatic heterocycles. The van der Waals surface area contributed by atoms with E-state index < -0.39 is 12.4 Å². The second-order valence-corrected chi connectivity index (χ2v) is 11.3. The zero-order valence-corrected chi connectivity index (χ0v) is 30.2. The number of hydrogen-bond donors (Lipinski definition) is 1. The lowest BCUT2D eigenvalue weighted by atomic mass is 9.91. The minimum Gasteiger partial charge on any atom is -0.461 e. The molecule has 1 N–H and O–H groups in total. The van der Waals surface area contributed by atoms with Crippen LogP contribution in [0.5, 0.6) is 0 Å². The number of ether oxygens (including phenoxy) is 2. The van der Waals surface area contributed by atoms with E-state index in [1.807, 2.05) is 72.8 Å². The van der Waals surface area contributed by atoms with E-state index in [9.17, 15) is 14.3 Å². The SMILES string of the molecule is CC.CC.CC1CC(N(C)CCc2cn(CC(CN(C)c3ccc(N(C)C)c(F)c3)OC=O)nn2)C(C)C(O)O1.CCCCC. The van der Waals surface area contributed by atoms with E-state index >= 15 is 0 Å². The van der Waals surface area contributed by atoms with Crippen molar-refractivity contribution in [2.75, 3.05) is 51.1 Å². The first-order valence-corrected chi connectivity index (χ1v) is 16.7. The molecule has 0 spiro atoms. The molecule has 0 amide bonds. The summed E-state index contributed by atoms with van der Waals surface area (Å²) in [5.74, 6) is -0.296. The molecule has 45 heavy (non-hydrogen) atoms. The Morgan fingerprint density at radius 2 is 1.78 bits per heavy atom. The monoisotopic (exact) mass is 638 g/mol. The van der Waals surface area contributed by atoms with Crippen LogP contribution in [0.4, 0.5) is 15.8 Å². The minimum atomic E-state index is -0.752. The van der Waals surface area contributed by atoms with Crippen LogP contribution in [0.15, 0.2) is 24.4 Å². The number of likely N-dealkylation sites (N-methyl/N-ethyl adjacent to an activating group) is 2. The average molecular weight is 639 g/mol. The maximum atomic E-state index is 14.4. The van der Waals surface area contributed by atoms with Gasteiger partial charge in [-0.2, -0.15) is 0 Å². The molecule has 2 heterocycles. The van der Waals surface area contributed by atoms with Crippen molar-refractivity contribution in [3.8, 4) is 0 Å². The molecule has 1 fully saturated rings. The molecular formula is C34H63FN6O4. The van der Waals surface area contributed by atoms with Gasteiger partial charge in [0.25, 0.3) is 6.47 Å². The molecule has 3 rings (SSSR count). The number of anilines is 2. The fraction of sp³-hybridized carbons (Fsp3) is 0.735. The third kappa shape index (κ3) is 14.9.